The van der Waals surface area contributed by atoms with E-state index in [0.717, 1.165) is 25.1 Å². The van der Waals surface area contributed by atoms with Gasteiger partial charge in [-0.05, 0) is 38.3 Å². The highest BCUT2D eigenvalue weighted by molar-refractivity contribution is 6.28. The SMILES string of the molecule is CCCc1nnc(Cl)n1C(C)(C)CC. The summed E-state index contributed by atoms with van der Waals surface area (Å²) in [5, 5.41) is 8.53. The molecule has 1 aromatic rings. The van der Waals surface area contributed by atoms with Gasteiger partial charge in [-0.2, -0.15) is 0 Å². The summed E-state index contributed by atoms with van der Waals surface area (Å²) >= 11 is 6.03. The van der Waals surface area contributed by atoms with E-state index in [1.165, 1.54) is 0 Å². The van der Waals surface area contributed by atoms with Crippen LogP contribution in [-0.2, 0) is 12.0 Å². The Morgan fingerprint density at radius 3 is 2.43 bits per heavy atom. The Bertz CT molecular complexity index is 304. The average molecular weight is 216 g/mol. The molecule has 80 valence electrons. The van der Waals surface area contributed by atoms with Crippen molar-refractivity contribution < 1.29 is 0 Å². The molecule has 4 heteroatoms. The van der Waals surface area contributed by atoms with Crippen LogP contribution in [0.15, 0.2) is 0 Å². The van der Waals surface area contributed by atoms with Crippen molar-refractivity contribution in [3.05, 3.63) is 11.1 Å². The van der Waals surface area contributed by atoms with E-state index in [1.807, 2.05) is 4.57 Å². The van der Waals surface area contributed by atoms with Gasteiger partial charge in [-0.25, -0.2) is 0 Å². The summed E-state index contributed by atoms with van der Waals surface area (Å²) < 4.78 is 2.04. The quantitative estimate of drug-likeness (QED) is 0.773. The summed E-state index contributed by atoms with van der Waals surface area (Å²) in [6, 6.07) is 0. The lowest BCUT2D eigenvalue weighted by Crippen LogP contribution is -2.27. The summed E-state index contributed by atoms with van der Waals surface area (Å²) in [4.78, 5) is 0. The molecule has 0 radical (unpaired) electrons. The zero-order valence-electron chi connectivity index (χ0n) is 9.34. The molecule has 0 amide bonds. The summed E-state index contributed by atoms with van der Waals surface area (Å²) in [5.74, 6) is 0.990. The lowest BCUT2D eigenvalue weighted by atomic mass is 10.0. The molecule has 0 aliphatic carbocycles. The van der Waals surface area contributed by atoms with E-state index < -0.39 is 0 Å². The van der Waals surface area contributed by atoms with Crippen molar-refractivity contribution in [3.63, 3.8) is 0 Å². The van der Waals surface area contributed by atoms with Crippen LogP contribution in [0.3, 0.4) is 0 Å². The van der Waals surface area contributed by atoms with Crippen molar-refractivity contribution in [2.45, 2.75) is 52.5 Å². The number of halogens is 1. The van der Waals surface area contributed by atoms with Crippen molar-refractivity contribution in [3.8, 4) is 0 Å². The average Bonchev–Trinajstić information content (AvgIpc) is 2.48. The van der Waals surface area contributed by atoms with Crippen LogP contribution in [0.4, 0.5) is 0 Å². The minimum absolute atomic E-state index is 0.00505. The number of hydrogen-bond donors (Lipinski definition) is 0. The maximum absolute atomic E-state index is 6.03. The minimum Gasteiger partial charge on any atom is -0.296 e. The Morgan fingerprint density at radius 2 is 1.93 bits per heavy atom. The van der Waals surface area contributed by atoms with Crippen LogP contribution in [0.2, 0.25) is 5.28 Å². The van der Waals surface area contributed by atoms with Crippen molar-refractivity contribution in [1.82, 2.24) is 14.8 Å². The highest BCUT2D eigenvalue weighted by Gasteiger charge is 2.24. The Hall–Kier alpha value is -0.570. The van der Waals surface area contributed by atoms with Gasteiger partial charge in [-0.15, -0.1) is 10.2 Å². The third kappa shape index (κ3) is 2.08. The van der Waals surface area contributed by atoms with Crippen LogP contribution in [0.5, 0.6) is 0 Å². The number of hydrogen-bond acceptors (Lipinski definition) is 2. The Morgan fingerprint density at radius 1 is 1.29 bits per heavy atom. The first-order valence-corrected chi connectivity index (χ1v) is 5.51. The molecule has 0 bridgehead atoms. The zero-order chi connectivity index (χ0) is 10.8. The third-order valence-corrected chi connectivity index (χ3v) is 2.88. The van der Waals surface area contributed by atoms with E-state index >= 15 is 0 Å². The monoisotopic (exact) mass is 215 g/mol. The molecule has 0 aromatic carbocycles. The molecular weight excluding hydrogens is 198 g/mol. The predicted molar refractivity (Wildman–Crippen MR) is 58.6 cm³/mol. The van der Waals surface area contributed by atoms with Gasteiger partial charge in [-0.3, -0.25) is 4.57 Å². The molecule has 1 heterocycles. The van der Waals surface area contributed by atoms with E-state index in [2.05, 4.69) is 37.9 Å². The minimum atomic E-state index is 0.00505. The zero-order valence-corrected chi connectivity index (χ0v) is 10.1. The highest BCUT2D eigenvalue weighted by atomic mass is 35.5. The Kier molecular flexibility index (Phi) is 3.53. The first-order valence-electron chi connectivity index (χ1n) is 5.13. The predicted octanol–water partition coefficient (Wildman–Crippen LogP) is 3.03. The normalized spacial score (nSPS) is 12.1. The third-order valence-electron chi connectivity index (χ3n) is 2.63. The van der Waals surface area contributed by atoms with Crippen LogP contribution in [0, 0.1) is 0 Å². The molecule has 14 heavy (non-hydrogen) atoms. The van der Waals surface area contributed by atoms with Crippen LogP contribution in [-0.4, -0.2) is 14.8 Å². The molecule has 1 aromatic heterocycles. The second-order valence-corrected chi connectivity index (χ2v) is 4.47. The van der Waals surface area contributed by atoms with E-state index in [4.69, 9.17) is 11.6 Å². The first kappa shape index (κ1) is 11.5. The van der Waals surface area contributed by atoms with Gasteiger partial charge in [0.2, 0.25) is 5.28 Å². The van der Waals surface area contributed by atoms with Crippen molar-refractivity contribution in [1.29, 1.82) is 0 Å². The van der Waals surface area contributed by atoms with Gasteiger partial charge >= 0.3 is 0 Å². The Balaban J connectivity index is 3.10. The molecule has 0 unspecified atom stereocenters. The number of aromatic nitrogens is 3. The fourth-order valence-electron chi connectivity index (χ4n) is 1.44. The lowest BCUT2D eigenvalue weighted by molar-refractivity contribution is 0.330. The topological polar surface area (TPSA) is 30.7 Å². The van der Waals surface area contributed by atoms with Crippen LogP contribution in [0.25, 0.3) is 0 Å². The van der Waals surface area contributed by atoms with Crippen LogP contribution < -0.4 is 0 Å². The second kappa shape index (κ2) is 4.30. The van der Waals surface area contributed by atoms with Crippen LogP contribution >= 0.6 is 11.6 Å². The molecule has 0 N–H and O–H groups in total. The molecule has 0 saturated carbocycles. The first-order chi connectivity index (χ1) is 6.53. The van der Waals surface area contributed by atoms with Gasteiger partial charge in [-0.1, -0.05) is 13.8 Å². The van der Waals surface area contributed by atoms with Gasteiger partial charge in [0.1, 0.15) is 5.82 Å². The van der Waals surface area contributed by atoms with E-state index in [9.17, 15) is 0 Å². The molecule has 0 aliphatic heterocycles. The van der Waals surface area contributed by atoms with E-state index in [1.54, 1.807) is 0 Å². The summed E-state index contributed by atoms with van der Waals surface area (Å²) in [6.45, 7) is 8.58. The molecule has 1 rings (SSSR count). The second-order valence-electron chi connectivity index (χ2n) is 4.14. The number of rotatable bonds is 4. The fraction of sp³-hybridized carbons (Fsp3) is 0.800. The number of nitrogens with zero attached hydrogens (tertiary/aromatic N) is 3. The lowest BCUT2D eigenvalue weighted by Gasteiger charge is -2.26. The maximum Gasteiger partial charge on any atom is 0.225 e. The smallest absolute Gasteiger partial charge is 0.225 e. The number of aryl methyl sites for hydroxylation is 1. The largest absolute Gasteiger partial charge is 0.296 e. The molecule has 0 spiro atoms. The molecule has 0 fully saturated rings. The molecule has 0 atom stereocenters. The maximum atomic E-state index is 6.03. The van der Waals surface area contributed by atoms with Crippen LogP contribution in [0.1, 0.15) is 46.4 Å². The standard InChI is InChI=1S/C10H18ClN3/c1-5-7-8-12-13-9(11)14(8)10(3,4)6-2/h5-7H2,1-4H3. The summed E-state index contributed by atoms with van der Waals surface area (Å²) in [5.41, 5.74) is 0.00505. The highest BCUT2D eigenvalue weighted by Crippen LogP contribution is 2.25. The molecular formula is C10H18ClN3. The van der Waals surface area contributed by atoms with Gasteiger partial charge in [0, 0.05) is 12.0 Å². The molecule has 0 saturated heterocycles. The van der Waals surface area contributed by atoms with Crippen molar-refractivity contribution in [2.24, 2.45) is 0 Å². The van der Waals surface area contributed by atoms with E-state index in [0.29, 0.717) is 5.28 Å². The van der Waals surface area contributed by atoms with Gasteiger partial charge in [0.05, 0.1) is 0 Å². The fourth-order valence-corrected chi connectivity index (χ4v) is 1.80. The van der Waals surface area contributed by atoms with Gasteiger partial charge < -0.3 is 0 Å². The molecule has 3 nitrogen and oxygen atoms in total. The Labute approximate surface area is 90.5 Å². The molecule has 0 aliphatic rings. The summed E-state index contributed by atoms with van der Waals surface area (Å²) in [6.07, 6.45) is 3.01. The van der Waals surface area contributed by atoms with Gasteiger partial charge in [0.15, 0.2) is 0 Å². The summed E-state index contributed by atoms with van der Waals surface area (Å²) in [7, 11) is 0. The van der Waals surface area contributed by atoms with Gasteiger partial charge in [0.25, 0.3) is 0 Å². The van der Waals surface area contributed by atoms with Crippen molar-refractivity contribution >= 4 is 11.6 Å². The van der Waals surface area contributed by atoms with E-state index in [-0.39, 0.29) is 5.54 Å². The van der Waals surface area contributed by atoms with Crippen molar-refractivity contribution in [2.75, 3.05) is 0 Å².